The molecule has 0 fully saturated rings. The molecule has 2 heteroatoms. The topological polar surface area (TPSA) is 9.23 Å². The van der Waals surface area contributed by atoms with Crippen molar-refractivity contribution in [3.8, 4) is 5.75 Å². The second-order valence-electron chi connectivity index (χ2n) is 3.57. The molecule has 0 heterocycles. The fourth-order valence-corrected chi connectivity index (χ4v) is 1.58. The van der Waals surface area contributed by atoms with Crippen molar-refractivity contribution in [2.45, 2.75) is 6.92 Å². The van der Waals surface area contributed by atoms with Crippen LogP contribution in [0.15, 0.2) is 54.6 Å². The number of thiocarbonyl (C=S) groups is 1. The molecule has 80 valence electrons. The summed E-state index contributed by atoms with van der Waals surface area (Å²) in [5.74, 6) is 0.777. The van der Waals surface area contributed by atoms with E-state index in [-0.39, 0.29) is 0 Å². The molecule has 2 aromatic rings. The van der Waals surface area contributed by atoms with Gasteiger partial charge in [-0.15, -0.1) is 0 Å². The van der Waals surface area contributed by atoms with Crippen LogP contribution in [0, 0.1) is 6.92 Å². The minimum Gasteiger partial charge on any atom is -0.445 e. The third-order valence-corrected chi connectivity index (χ3v) is 2.56. The summed E-state index contributed by atoms with van der Waals surface area (Å²) in [6, 6.07) is 17.6. The summed E-state index contributed by atoms with van der Waals surface area (Å²) in [6.45, 7) is 2.04. The predicted molar refractivity (Wildman–Crippen MR) is 69.9 cm³/mol. The van der Waals surface area contributed by atoms with Gasteiger partial charge in [0.15, 0.2) is 5.05 Å². The van der Waals surface area contributed by atoms with Gasteiger partial charge in [0.25, 0.3) is 0 Å². The standard InChI is InChI=1S/C14H12OS/c1-11-7-9-13(10-8-11)15-14(16)12-5-3-2-4-6-12/h2-10H,1H3. The van der Waals surface area contributed by atoms with Gasteiger partial charge < -0.3 is 4.74 Å². The van der Waals surface area contributed by atoms with Gasteiger partial charge in [-0.3, -0.25) is 0 Å². The van der Waals surface area contributed by atoms with Crippen molar-refractivity contribution in [3.63, 3.8) is 0 Å². The highest BCUT2D eigenvalue weighted by Crippen LogP contribution is 2.14. The van der Waals surface area contributed by atoms with Crippen LogP contribution in [0.1, 0.15) is 11.1 Å². The maximum absolute atomic E-state index is 5.59. The van der Waals surface area contributed by atoms with Crippen LogP contribution in [0.5, 0.6) is 5.75 Å². The molecule has 0 saturated carbocycles. The summed E-state index contributed by atoms with van der Waals surface area (Å²) in [7, 11) is 0. The Morgan fingerprint density at radius 3 is 2.19 bits per heavy atom. The normalized spacial score (nSPS) is 9.81. The van der Waals surface area contributed by atoms with E-state index in [4.69, 9.17) is 17.0 Å². The number of ether oxygens (including phenoxy) is 1. The molecule has 0 N–H and O–H groups in total. The van der Waals surface area contributed by atoms with Crippen LogP contribution in [0.4, 0.5) is 0 Å². The lowest BCUT2D eigenvalue weighted by Gasteiger charge is -2.06. The van der Waals surface area contributed by atoms with E-state index in [2.05, 4.69) is 0 Å². The van der Waals surface area contributed by atoms with Crippen LogP contribution >= 0.6 is 12.2 Å². The first-order valence-corrected chi connectivity index (χ1v) is 5.50. The van der Waals surface area contributed by atoms with E-state index in [0.717, 1.165) is 11.3 Å². The smallest absolute Gasteiger partial charge is 0.198 e. The molecular weight excluding hydrogens is 216 g/mol. The van der Waals surface area contributed by atoms with Gasteiger partial charge in [0.1, 0.15) is 5.75 Å². The zero-order valence-electron chi connectivity index (χ0n) is 9.01. The van der Waals surface area contributed by atoms with Gasteiger partial charge in [0.2, 0.25) is 0 Å². The van der Waals surface area contributed by atoms with Crippen LogP contribution in [0.2, 0.25) is 0 Å². The zero-order chi connectivity index (χ0) is 11.4. The van der Waals surface area contributed by atoms with Crippen molar-refractivity contribution in [3.05, 3.63) is 65.7 Å². The van der Waals surface area contributed by atoms with E-state index in [1.807, 2.05) is 61.5 Å². The largest absolute Gasteiger partial charge is 0.445 e. The molecule has 0 atom stereocenters. The molecule has 0 aliphatic carbocycles. The zero-order valence-corrected chi connectivity index (χ0v) is 9.83. The van der Waals surface area contributed by atoms with E-state index in [1.165, 1.54) is 5.56 Å². The summed E-state index contributed by atoms with van der Waals surface area (Å²) in [5.41, 5.74) is 2.14. The molecule has 16 heavy (non-hydrogen) atoms. The molecule has 0 amide bonds. The molecule has 0 saturated heterocycles. The summed E-state index contributed by atoms with van der Waals surface area (Å²) in [5, 5.41) is 0.504. The van der Waals surface area contributed by atoms with Crippen LogP contribution in [-0.2, 0) is 0 Å². The summed E-state index contributed by atoms with van der Waals surface area (Å²) < 4.78 is 5.59. The Morgan fingerprint density at radius 2 is 1.56 bits per heavy atom. The number of benzene rings is 2. The Kier molecular flexibility index (Phi) is 3.32. The van der Waals surface area contributed by atoms with Gasteiger partial charge in [-0.2, -0.15) is 0 Å². The van der Waals surface area contributed by atoms with E-state index >= 15 is 0 Å². The molecule has 2 aromatic carbocycles. The molecular formula is C14H12OS. The second kappa shape index (κ2) is 4.90. The molecule has 0 aromatic heterocycles. The first kappa shape index (κ1) is 10.8. The highest BCUT2D eigenvalue weighted by molar-refractivity contribution is 7.80. The Hall–Kier alpha value is -1.67. The average molecular weight is 228 g/mol. The van der Waals surface area contributed by atoms with Gasteiger partial charge in [0.05, 0.1) is 0 Å². The Bertz CT molecular complexity index is 474. The fourth-order valence-electron chi connectivity index (χ4n) is 1.35. The van der Waals surface area contributed by atoms with Gasteiger partial charge in [-0.25, -0.2) is 0 Å². The van der Waals surface area contributed by atoms with Crippen molar-refractivity contribution in [1.29, 1.82) is 0 Å². The molecule has 0 bridgehead atoms. The lowest BCUT2D eigenvalue weighted by Crippen LogP contribution is -2.06. The Labute approximate surface area is 101 Å². The highest BCUT2D eigenvalue weighted by Gasteiger charge is 2.02. The minimum absolute atomic E-state index is 0.504. The maximum atomic E-state index is 5.59. The first-order chi connectivity index (χ1) is 7.75. The van der Waals surface area contributed by atoms with Gasteiger partial charge in [0, 0.05) is 5.56 Å². The van der Waals surface area contributed by atoms with Crippen LogP contribution < -0.4 is 4.74 Å². The average Bonchev–Trinajstić information content (AvgIpc) is 2.33. The van der Waals surface area contributed by atoms with Crippen molar-refractivity contribution >= 4 is 17.3 Å². The van der Waals surface area contributed by atoms with Gasteiger partial charge >= 0.3 is 0 Å². The number of aryl methyl sites for hydroxylation is 1. The number of hydrogen-bond acceptors (Lipinski definition) is 2. The third kappa shape index (κ3) is 2.67. The molecule has 0 radical (unpaired) electrons. The second-order valence-corrected chi connectivity index (χ2v) is 3.94. The maximum Gasteiger partial charge on any atom is 0.198 e. The van der Waals surface area contributed by atoms with E-state index in [1.54, 1.807) is 0 Å². The number of rotatable bonds is 2. The van der Waals surface area contributed by atoms with Crippen molar-refractivity contribution < 1.29 is 4.74 Å². The van der Waals surface area contributed by atoms with Crippen LogP contribution in [0.3, 0.4) is 0 Å². The van der Waals surface area contributed by atoms with Gasteiger partial charge in [-0.1, -0.05) is 48.0 Å². The molecule has 0 aliphatic rings. The summed E-state index contributed by atoms with van der Waals surface area (Å²) in [6.07, 6.45) is 0. The van der Waals surface area contributed by atoms with Crippen molar-refractivity contribution in [1.82, 2.24) is 0 Å². The Balaban J connectivity index is 2.11. The highest BCUT2D eigenvalue weighted by atomic mass is 32.1. The van der Waals surface area contributed by atoms with E-state index in [0.29, 0.717) is 5.05 Å². The van der Waals surface area contributed by atoms with Crippen molar-refractivity contribution in [2.75, 3.05) is 0 Å². The van der Waals surface area contributed by atoms with E-state index in [9.17, 15) is 0 Å². The quantitative estimate of drug-likeness (QED) is 0.724. The summed E-state index contributed by atoms with van der Waals surface area (Å²) in [4.78, 5) is 0. The lowest BCUT2D eigenvalue weighted by molar-refractivity contribution is 0.566. The third-order valence-electron chi connectivity index (χ3n) is 2.24. The first-order valence-electron chi connectivity index (χ1n) is 5.09. The van der Waals surface area contributed by atoms with Gasteiger partial charge in [-0.05, 0) is 31.3 Å². The van der Waals surface area contributed by atoms with E-state index < -0.39 is 0 Å². The molecule has 1 nitrogen and oxygen atoms in total. The summed E-state index contributed by atoms with van der Waals surface area (Å²) >= 11 is 5.21. The molecule has 0 unspecified atom stereocenters. The molecule has 0 spiro atoms. The fraction of sp³-hybridized carbons (Fsp3) is 0.0714. The SMILES string of the molecule is Cc1ccc(OC(=S)c2ccccc2)cc1. The molecule has 2 rings (SSSR count). The van der Waals surface area contributed by atoms with Crippen molar-refractivity contribution in [2.24, 2.45) is 0 Å². The predicted octanol–water partition coefficient (Wildman–Crippen LogP) is 3.75. The monoisotopic (exact) mass is 228 g/mol. The van der Waals surface area contributed by atoms with Crippen LogP contribution in [0.25, 0.3) is 0 Å². The molecule has 0 aliphatic heterocycles. The number of hydrogen-bond donors (Lipinski definition) is 0. The Morgan fingerprint density at radius 1 is 0.938 bits per heavy atom. The minimum atomic E-state index is 0.504. The lowest BCUT2D eigenvalue weighted by atomic mass is 10.2. The van der Waals surface area contributed by atoms with Crippen LogP contribution in [-0.4, -0.2) is 5.05 Å².